The molecule has 0 unspecified atom stereocenters. The van der Waals surface area contributed by atoms with Gasteiger partial charge in [-0.1, -0.05) is 5.21 Å². The number of hydrogen-bond acceptors (Lipinski definition) is 3. The maximum Gasteiger partial charge on any atom is 0.275 e. The normalized spacial score (nSPS) is 16.8. The predicted molar refractivity (Wildman–Crippen MR) is 58.5 cm³/mol. The summed E-state index contributed by atoms with van der Waals surface area (Å²) in [4.78, 5) is 14.0. The Kier molecular flexibility index (Phi) is 3.04. The van der Waals surface area contributed by atoms with Crippen LogP contribution in [0.25, 0.3) is 0 Å². The molecular formula is C9H13BrN4O. The van der Waals surface area contributed by atoms with E-state index >= 15 is 0 Å². The highest BCUT2D eigenvalue weighted by atomic mass is 79.9. The van der Waals surface area contributed by atoms with Crippen LogP contribution in [0.4, 0.5) is 0 Å². The lowest BCUT2D eigenvalue weighted by Crippen LogP contribution is -2.36. The number of halogens is 1. The average Bonchev–Trinajstić information content (AvgIpc) is 2.59. The number of likely N-dealkylation sites (tertiary alicyclic amines) is 1. The maximum absolute atomic E-state index is 12.1. The summed E-state index contributed by atoms with van der Waals surface area (Å²) in [6.07, 6.45) is 3.40. The number of piperidine rings is 1. The topological polar surface area (TPSA) is 51.0 Å². The van der Waals surface area contributed by atoms with Crippen LogP contribution in [0.15, 0.2) is 4.60 Å². The van der Waals surface area contributed by atoms with Crippen molar-refractivity contribution in [2.24, 2.45) is 7.05 Å². The van der Waals surface area contributed by atoms with Gasteiger partial charge in [0, 0.05) is 20.1 Å². The first-order valence-electron chi connectivity index (χ1n) is 5.04. The minimum absolute atomic E-state index is 0.0223. The van der Waals surface area contributed by atoms with Crippen molar-refractivity contribution in [1.82, 2.24) is 19.9 Å². The first kappa shape index (κ1) is 10.6. The lowest BCUT2D eigenvalue weighted by Gasteiger charge is -2.26. The van der Waals surface area contributed by atoms with Crippen molar-refractivity contribution >= 4 is 21.8 Å². The van der Waals surface area contributed by atoms with Crippen LogP contribution in [0.3, 0.4) is 0 Å². The molecule has 6 heteroatoms. The van der Waals surface area contributed by atoms with Crippen molar-refractivity contribution in [2.45, 2.75) is 19.3 Å². The zero-order valence-electron chi connectivity index (χ0n) is 8.61. The molecule has 1 amide bonds. The summed E-state index contributed by atoms with van der Waals surface area (Å²) in [6, 6.07) is 0. The first-order valence-corrected chi connectivity index (χ1v) is 5.84. The fourth-order valence-corrected chi connectivity index (χ4v) is 2.30. The van der Waals surface area contributed by atoms with Crippen molar-refractivity contribution in [1.29, 1.82) is 0 Å². The molecule has 1 aliphatic rings. The Morgan fingerprint density at radius 3 is 2.53 bits per heavy atom. The van der Waals surface area contributed by atoms with E-state index in [4.69, 9.17) is 0 Å². The van der Waals surface area contributed by atoms with Crippen LogP contribution in [-0.2, 0) is 7.05 Å². The molecule has 2 rings (SSSR count). The van der Waals surface area contributed by atoms with E-state index in [0.29, 0.717) is 10.3 Å². The minimum atomic E-state index is 0.0223. The van der Waals surface area contributed by atoms with Crippen molar-refractivity contribution < 1.29 is 4.79 Å². The van der Waals surface area contributed by atoms with Crippen LogP contribution in [-0.4, -0.2) is 38.9 Å². The number of aromatic nitrogens is 3. The molecular weight excluding hydrogens is 260 g/mol. The molecule has 0 aliphatic carbocycles. The molecule has 1 aromatic rings. The number of aryl methyl sites for hydroxylation is 1. The summed E-state index contributed by atoms with van der Waals surface area (Å²) in [5.74, 6) is 0.0223. The monoisotopic (exact) mass is 272 g/mol. The van der Waals surface area contributed by atoms with E-state index in [1.807, 2.05) is 4.90 Å². The maximum atomic E-state index is 12.1. The summed E-state index contributed by atoms with van der Waals surface area (Å²) < 4.78 is 2.04. The molecule has 1 aromatic heterocycles. The minimum Gasteiger partial charge on any atom is -0.337 e. The third-order valence-electron chi connectivity index (χ3n) is 2.63. The van der Waals surface area contributed by atoms with Crippen molar-refractivity contribution in [3.05, 3.63) is 10.3 Å². The second-order valence-corrected chi connectivity index (χ2v) is 4.46. The van der Waals surface area contributed by atoms with Gasteiger partial charge in [0.25, 0.3) is 5.91 Å². The van der Waals surface area contributed by atoms with Gasteiger partial charge in [-0.25, -0.2) is 4.68 Å². The molecule has 82 valence electrons. The van der Waals surface area contributed by atoms with Gasteiger partial charge in [0.2, 0.25) is 0 Å². The van der Waals surface area contributed by atoms with E-state index in [1.54, 1.807) is 7.05 Å². The van der Waals surface area contributed by atoms with Gasteiger partial charge in [0.1, 0.15) is 0 Å². The summed E-state index contributed by atoms with van der Waals surface area (Å²) in [5.41, 5.74) is 0.539. The van der Waals surface area contributed by atoms with Crippen LogP contribution < -0.4 is 0 Å². The number of rotatable bonds is 1. The molecule has 0 aromatic carbocycles. The molecule has 0 atom stereocenters. The van der Waals surface area contributed by atoms with E-state index in [0.717, 1.165) is 25.9 Å². The third kappa shape index (κ3) is 2.04. The predicted octanol–water partition coefficient (Wildman–Crippen LogP) is 1.20. The Morgan fingerprint density at radius 2 is 2.00 bits per heavy atom. The molecule has 1 aliphatic heterocycles. The number of carbonyl (C=O) groups is 1. The van der Waals surface area contributed by atoms with Crippen LogP contribution in [0, 0.1) is 0 Å². The van der Waals surface area contributed by atoms with E-state index in [-0.39, 0.29) is 5.91 Å². The molecule has 2 heterocycles. The number of nitrogens with zero attached hydrogens (tertiary/aromatic N) is 4. The molecule has 5 nitrogen and oxygen atoms in total. The van der Waals surface area contributed by atoms with E-state index in [9.17, 15) is 4.79 Å². The molecule has 0 spiro atoms. The highest BCUT2D eigenvalue weighted by Gasteiger charge is 2.24. The van der Waals surface area contributed by atoms with Gasteiger partial charge in [0.05, 0.1) is 0 Å². The third-order valence-corrected chi connectivity index (χ3v) is 3.17. The second kappa shape index (κ2) is 4.30. The summed E-state index contributed by atoms with van der Waals surface area (Å²) in [6.45, 7) is 1.69. The zero-order chi connectivity index (χ0) is 10.8. The van der Waals surface area contributed by atoms with Gasteiger partial charge in [-0.15, -0.1) is 5.10 Å². The Hall–Kier alpha value is -0.910. The Balaban J connectivity index is 2.19. The van der Waals surface area contributed by atoms with Crippen LogP contribution in [0.5, 0.6) is 0 Å². The number of hydrogen-bond donors (Lipinski definition) is 0. The first-order chi connectivity index (χ1) is 7.20. The van der Waals surface area contributed by atoms with E-state index in [1.165, 1.54) is 11.1 Å². The highest BCUT2D eigenvalue weighted by Crippen LogP contribution is 2.17. The van der Waals surface area contributed by atoms with Gasteiger partial charge in [0.15, 0.2) is 10.3 Å². The molecule has 1 saturated heterocycles. The van der Waals surface area contributed by atoms with E-state index < -0.39 is 0 Å². The SMILES string of the molecule is Cn1nnc(Br)c1C(=O)N1CCCCC1. The fourth-order valence-electron chi connectivity index (χ4n) is 1.81. The van der Waals surface area contributed by atoms with Crippen LogP contribution >= 0.6 is 15.9 Å². The van der Waals surface area contributed by atoms with Crippen molar-refractivity contribution in [3.8, 4) is 0 Å². The van der Waals surface area contributed by atoms with Crippen LogP contribution in [0.2, 0.25) is 0 Å². The summed E-state index contributed by atoms with van der Waals surface area (Å²) in [5, 5.41) is 7.62. The Labute approximate surface area is 96.6 Å². The van der Waals surface area contributed by atoms with Crippen molar-refractivity contribution in [3.63, 3.8) is 0 Å². The zero-order valence-corrected chi connectivity index (χ0v) is 10.2. The number of carbonyl (C=O) groups excluding carboxylic acids is 1. The lowest BCUT2D eigenvalue weighted by atomic mass is 10.1. The van der Waals surface area contributed by atoms with E-state index in [2.05, 4.69) is 26.2 Å². The molecule has 1 fully saturated rings. The van der Waals surface area contributed by atoms with Gasteiger partial charge < -0.3 is 4.90 Å². The molecule has 0 saturated carbocycles. The van der Waals surface area contributed by atoms with Crippen molar-refractivity contribution in [2.75, 3.05) is 13.1 Å². The average molecular weight is 273 g/mol. The smallest absolute Gasteiger partial charge is 0.275 e. The quantitative estimate of drug-likeness (QED) is 0.772. The standard InChI is InChI=1S/C9H13BrN4O/c1-13-7(8(10)11-12-13)9(15)14-5-3-2-4-6-14/h2-6H2,1H3. The Bertz CT molecular complexity index is 351. The molecule has 0 radical (unpaired) electrons. The van der Waals surface area contributed by atoms with Gasteiger partial charge in [-0.3, -0.25) is 4.79 Å². The van der Waals surface area contributed by atoms with Gasteiger partial charge >= 0.3 is 0 Å². The highest BCUT2D eigenvalue weighted by molar-refractivity contribution is 9.10. The largest absolute Gasteiger partial charge is 0.337 e. The summed E-state index contributed by atoms with van der Waals surface area (Å²) >= 11 is 3.24. The second-order valence-electron chi connectivity index (χ2n) is 3.71. The molecule has 0 bridgehead atoms. The van der Waals surface area contributed by atoms with Crippen LogP contribution in [0.1, 0.15) is 29.8 Å². The summed E-state index contributed by atoms with van der Waals surface area (Å²) in [7, 11) is 1.73. The Morgan fingerprint density at radius 1 is 1.33 bits per heavy atom. The fraction of sp³-hybridized carbons (Fsp3) is 0.667. The number of amides is 1. The van der Waals surface area contributed by atoms with Gasteiger partial charge in [-0.2, -0.15) is 0 Å². The van der Waals surface area contributed by atoms with Gasteiger partial charge in [-0.05, 0) is 35.2 Å². The molecule has 15 heavy (non-hydrogen) atoms. The lowest BCUT2D eigenvalue weighted by molar-refractivity contribution is 0.0712. The molecule has 0 N–H and O–H groups in total.